The number of amidine groups is 2. The largest absolute Gasteiger partial charge is 0.497 e. The highest BCUT2D eigenvalue weighted by Gasteiger charge is 2.36. The Morgan fingerprint density at radius 1 is 1.11 bits per heavy atom. The van der Waals surface area contributed by atoms with Gasteiger partial charge in [-0.2, -0.15) is 15.1 Å². The second-order valence-corrected chi connectivity index (χ2v) is 9.42. The van der Waals surface area contributed by atoms with E-state index in [1.807, 2.05) is 68.6 Å². The van der Waals surface area contributed by atoms with Crippen LogP contribution in [0.5, 0.6) is 11.5 Å². The Hall–Kier alpha value is -3.85. The van der Waals surface area contributed by atoms with Crippen LogP contribution in [-0.2, 0) is 11.3 Å². The average molecular weight is 488 g/mol. The van der Waals surface area contributed by atoms with Gasteiger partial charge in [0.05, 0.1) is 19.2 Å². The summed E-state index contributed by atoms with van der Waals surface area (Å²) in [6, 6.07) is 15.5. The molecule has 2 aromatic carbocycles. The Labute approximate surface area is 207 Å². The molecular weight excluding hydrogens is 462 g/mol. The number of hydrazone groups is 1. The zero-order valence-electron chi connectivity index (χ0n) is 19.7. The van der Waals surface area contributed by atoms with Gasteiger partial charge in [0.25, 0.3) is 5.91 Å². The van der Waals surface area contributed by atoms with E-state index in [1.165, 1.54) is 16.8 Å². The smallest absolute Gasteiger partial charge is 0.283 e. The lowest BCUT2D eigenvalue weighted by atomic mass is 10.1. The standard InChI is InChI=1S/C26H25N5O3S/c1-16(2)25-29-31-23(27)21(24(32)28-26(31)35-25)14-17-15-30(22-7-5-4-6-20(17)22)12-13-34-19-10-8-18(33-3)9-11-19/h4-11,14-16,27H,12-13H2,1-3H3/b21-14-,27-23?. The molecule has 8 nitrogen and oxygen atoms in total. The van der Waals surface area contributed by atoms with Crippen molar-refractivity contribution in [2.75, 3.05) is 13.7 Å². The van der Waals surface area contributed by atoms with Gasteiger partial charge in [0.1, 0.15) is 23.1 Å². The molecule has 1 amide bonds. The number of carbonyl (C=O) groups excluding carboxylic acids is 1. The van der Waals surface area contributed by atoms with Gasteiger partial charge in [-0.1, -0.05) is 32.0 Å². The van der Waals surface area contributed by atoms with Crippen LogP contribution in [0.1, 0.15) is 19.4 Å². The number of methoxy groups -OCH3 is 1. The number of fused-ring (bicyclic) bond motifs is 2. The summed E-state index contributed by atoms with van der Waals surface area (Å²) in [5, 5.41) is 16.9. The molecule has 3 aromatic rings. The second-order valence-electron chi connectivity index (χ2n) is 8.43. The SMILES string of the molecule is COc1ccc(OCCn2cc(/C=C3/C(=N)N4N=C(C(C)C)SC4=NC3=O)c3ccccc32)cc1. The zero-order valence-corrected chi connectivity index (χ0v) is 20.5. The fourth-order valence-corrected chi connectivity index (χ4v) is 4.80. The Kier molecular flexibility index (Phi) is 6.17. The third-order valence-corrected chi connectivity index (χ3v) is 6.95. The predicted molar refractivity (Wildman–Crippen MR) is 140 cm³/mol. The number of benzene rings is 2. The van der Waals surface area contributed by atoms with Crippen molar-refractivity contribution >= 4 is 50.7 Å². The van der Waals surface area contributed by atoms with E-state index in [2.05, 4.69) is 14.7 Å². The molecule has 0 aliphatic carbocycles. The Balaban J connectivity index is 1.40. The lowest BCUT2D eigenvalue weighted by Crippen LogP contribution is -2.35. The second kappa shape index (κ2) is 9.42. The highest BCUT2D eigenvalue weighted by molar-refractivity contribution is 8.27. The number of nitrogens with one attached hydrogen (secondary N) is 1. The summed E-state index contributed by atoms with van der Waals surface area (Å²) in [7, 11) is 1.63. The van der Waals surface area contributed by atoms with Gasteiger partial charge in [0.2, 0.25) is 5.17 Å². The molecule has 0 fully saturated rings. The van der Waals surface area contributed by atoms with Crippen molar-refractivity contribution in [2.45, 2.75) is 20.4 Å². The quantitative estimate of drug-likeness (QED) is 0.473. The van der Waals surface area contributed by atoms with Gasteiger partial charge in [-0.3, -0.25) is 10.2 Å². The third kappa shape index (κ3) is 4.46. The first kappa shape index (κ1) is 22.9. The molecule has 2 aliphatic heterocycles. The molecule has 3 heterocycles. The van der Waals surface area contributed by atoms with E-state index in [1.54, 1.807) is 13.2 Å². The zero-order chi connectivity index (χ0) is 24.5. The predicted octanol–water partition coefficient (Wildman–Crippen LogP) is 5.00. The number of para-hydroxylation sites is 1. The summed E-state index contributed by atoms with van der Waals surface area (Å²) < 4.78 is 13.2. The highest BCUT2D eigenvalue weighted by Crippen LogP contribution is 2.32. The normalized spacial score (nSPS) is 16.7. The molecule has 1 N–H and O–H groups in total. The number of thioether (sulfide) groups is 1. The number of carbonyl (C=O) groups is 1. The average Bonchev–Trinajstić information content (AvgIpc) is 3.44. The number of rotatable bonds is 7. The highest BCUT2D eigenvalue weighted by atomic mass is 32.2. The van der Waals surface area contributed by atoms with Crippen molar-refractivity contribution in [1.82, 2.24) is 9.58 Å². The lowest BCUT2D eigenvalue weighted by molar-refractivity contribution is -0.114. The molecule has 5 rings (SSSR count). The summed E-state index contributed by atoms with van der Waals surface area (Å²) in [5.74, 6) is 1.37. The molecule has 0 bridgehead atoms. The molecule has 0 spiro atoms. The minimum atomic E-state index is -0.423. The van der Waals surface area contributed by atoms with Crippen LogP contribution in [0.3, 0.4) is 0 Å². The fraction of sp³-hybridized carbons (Fsp3) is 0.231. The van der Waals surface area contributed by atoms with Crippen molar-refractivity contribution < 1.29 is 14.3 Å². The van der Waals surface area contributed by atoms with Gasteiger partial charge in [-0.25, -0.2) is 0 Å². The van der Waals surface area contributed by atoms with E-state index in [-0.39, 0.29) is 17.3 Å². The van der Waals surface area contributed by atoms with E-state index in [0.29, 0.717) is 18.3 Å². The summed E-state index contributed by atoms with van der Waals surface area (Å²) in [5.41, 5.74) is 2.09. The molecule has 2 aliphatic rings. The molecule has 0 atom stereocenters. The minimum Gasteiger partial charge on any atom is -0.497 e. The van der Waals surface area contributed by atoms with Crippen molar-refractivity contribution in [3.63, 3.8) is 0 Å². The minimum absolute atomic E-state index is 0.0443. The molecule has 1 aromatic heterocycles. The summed E-state index contributed by atoms with van der Waals surface area (Å²) in [4.78, 5) is 17.0. The van der Waals surface area contributed by atoms with Crippen molar-refractivity contribution in [1.29, 1.82) is 5.41 Å². The summed E-state index contributed by atoms with van der Waals surface area (Å²) >= 11 is 1.35. The first-order valence-electron chi connectivity index (χ1n) is 11.3. The van der Waals surface area contributed by atoms with Crippen LogP contribution in [-0.4, -0.2) is 45.2 Å². The van der Waals surface area contributed by atoms with E-state index in [0.717, 1.165) is 33.0 Å². The first-order chi connectivity index (χ1) is 16.9. The molecule has 0 radical (unpaired) electrons. The fourth-order valence-electron chi connectivity index (χ4n) is 3.90. The monoisotopic (exact) mass is 487 g/mol. The number of ether oxygens (including phenoxy) is 2. The third-order valence-electron chi connectivity index (χ3n) is 5.74. The van der Waals surface area contributed by atoms with Crippen LogP contribution < -0.4 is 9.47 Å². The van der Waals surface area contributed by atoms with Gasteiger partial charge in [-0.05, 0) is 48.2 Å². The molecular formula is C26H25N5O3S. The number of nitrogens with zero attached hydrogens (tertiary/aromatic N) is 4. The molecule has 0 unspecified atom stereocenters. The van der Waals surface area contributed by atoms with Crippen molar-refractivity contribution in [3.05, 3.63) is 65.9 Å². The van der Waals surface area contributed by atoms with E-state index in [9.17, 15) is 4.79 Å². The Bertz CT molecular complexity index is 1400. The van der Waals surface area contributed by atoms with E-state index >= 15 is 0 Å². The number of aliphatic imine (C=N–C) groups is 1. The van der Waals surface area contributed by atoms with Crippen molar-refractivity contribution in [2.24, 2.45) is 16.0 Å². The van der Waals surface area contributed by atoms with Gasteiger partial charge in [0.15, 0.2) is 5.84 Å². The van der Waals surface area contributed by atoms with Gasteiger partial charge in [0, 0.05) is 28.6 Å². The maximum atomic E-state index is 12.8. The van der Waals surface area contributed by atoms with Crippen LogP contribution in [0, 0.1) is 11.3 Å². The Morgan fingerprint density at radius 3 is 2.60 bits per heavy atom. The van der Waals surface area contributed by atoms with Gasteiger partial charge in [-0.15, -0.1) is 0 Å². The number of amides is 1. The van der Waals surface area contributed by atoms with Crippen LogP contribution in [0.15, 0.2) is 70.4 Å². The van der Waals surface area contributed by atoms with Crippen molar-refractivity contribution in [3.8, 4) is 11.5 Å². The first-order valence-corrected chi connectivity index (χ1v) is 12.1. The van der Waals surface area contributed by atoms with Gasteiger partial charge >= 0.3 is 0 Å². The maximum absolute atomic E-state index is 12.8. The number of hydrogen-bond donors (Lipinski definition) is 1. The van der Waals surface area contributed by atoms with Crippen LogP contribution in [0.2, 0.25) is 0 Å². The number of hydrogen-bond acceptors (Lipinski definition) is 6. The Morgan fingerprint density at radius 2 is 1.86 bits per heavy atom. The summed E-state index contributed by atoms with van der Waals surface area (Å²) in [6.07, 6.45) is 3.72. The van der Waals surface area contributed by atoms with E-state index in [4.69, 9.17) is 14.9 Å². The summed E-state index contributed by atoms with van der Waals surface area (Å²) in [6.45, 7) is 5.15. The maximum Gasteiger partial charge on any atom is 0.283 e. The van der Waals surface area contributed by atoms with Crippen LogP contribution in [0.4, 0.5) is 0 Å². The molecule has 0 saturated heterocycles. The van der Waals surface area contributed by atoms with Gasteiger partial charge < -0.3 is 14.0 Å². The lowest BCUT2D eigenvalue weighted by Gasteiger charge is -2.20. The number of aromatic nitrogens is 1. The molecule has 178 valence electrons. The van der Waals surface area contributed by atoms with E-state index < -0.39 is 5.91 Å². The molecule has 35 heavy (non-hydrogen) atoms. The van der Waals surface area contributed by atoms with Crippen LogP contribution >= 0.6 is 11.8 Å². The molecule has 0 saturated carbocycles. The molecule has 9 heteroatoms. The van der Waals surface area contributed by atoms with Crippen LogP contribution in [0.25, 0.3) is 17.0 Å². The topological polar surface area (TPSA) is 92.3 Å².